The molecule has 1 aliphatic carbocycles. The number of phenolic OH excluding ortho intramolecular Hbond substituents is 2. The number of amides is 1. The number of allylic oxidation sites excluding steroid dienone is 2. The standard InChI is InChI=1S/C66H90N2O24/c1-27(2)15-16-34-13-12-14-38-37(26-67-53(34)38)19-40(65(79)82-11)68-64(78)62(81-10)39-18-35-17-36-20-42(88-47-22-43(56(72)30(5)84-47)89-46-21-41(69)55(71)29(4)83-46)28(3)54(70)51(36)59(75)52(35)60(76)61(39)92-49-24-44(57(73)32(7)86-49)90-48-23-45(58(74)31(6)85-48)91-50-25-66(9,80)63(77)33(8)87-50/h12-15,17,20,26,29-33,39-41,43-50,55-58,61-63,67,69-75,77,80H,16,18-19,21-25H2,1-11H3,(H,68,78)/t29-,30-,31-,32-,33-,39-,40+,41-,43-,44-,45-,46+,47+,48+,49+,50+,55-,56-,57-,58+,61+,62+,63-,66+/m1/s1. The molecule has 0 bridgehead atoms. The number of para-hydroxylation sites is 1. The number of benzene rings is 3. The first-order valence-electron chi connectivity index (χ1n) is 31.6. The maximum atomic E-state index is 15.6. The highest BCUT2D eigenvalue weighted by molar-refractivity contribution is 6.11. The number of methoxy groups -OCH3 is 2. The number of nitrogens with one attached hydrogen (secondary N) is 2. The van der Waals surface area contributed by atoms with Crippen molar-refractivity contribution >= 4 is 39.3 Å². The number of rotatable bonds is 19. The highest BCUT2D eigenvalue weighted by Crippen LogP contribution is 2.48. The van der Waals surface area contributed by atoms with E-state index in [2.05, 4.69) is 16.4 Å². The van der Waals surface area contributed by atoms with E-state index in [4.69, 9.17) is 56.8 Å². The minimum atomic E-state index is -1.68. The van der Waals surface area contributed by atoms with Crippen molar-refractivity contribution in [3.05, 3.63) is 76.0 Å². The predicted molar refractivity (Wildman–Crippen MR) is 325 cm³/mol. The molecular weight excluding hydrogens is 1200 g/mol. The topological polar surface area (TPSA) is 372 Å². The van der Waals surface area contributed by atoms with E-state index in [1.165, 1.54) is 34.1 Å². The molecule has 6 heterocycles. The van der Waals surface area contributed by atoms with Crippen LogP contribution in [0.4, 0.5) is 0 Å². The summed E-state index contributed by atoms with van der Waals surface area (Å²) in [5, 5.41) is 104. The highest BCUT2D eigenvalue weighted by atomic mass is 16.7. The molecule has 1 aromatic heterocycles. The summed E-state index contributed by atoms with van der Waals surface area (Å²) in [4.78, 5) is 47.7. The van der Waals surface area contributed by atoms with Gasteiger partial charge in [0.05, 0.1) is 78.6 Å². The van der Waals surface area contributed by atoms with Gasteiger partial charge in [0.15, 0.2) is 30.9 Å². The van der Waals surface area contributed by atoms with Crippen LogP contribution >= 0.6 is 0 Å². The van der Waals surface area contributed by atoms with E-state index in [1.807, 2.05) is 32.0 Å². The van der Waals surface area contributed by atoms with E-state index in [0.717, 1.165) is 22.0 Å². The first-order chi connectivity index (χ1) is 43.5. The number of ketones is 1. The predicted octanol–water partition coefficient (Wildman–Crippen LogP) is 3.33. The van der Waals surface area contributed by atoms with Gasteiger partial charge in [-0.15, -0.1) is 0 Å². The Labute approximate surface area is 532 Å². The Morgan fingerprint density at radius 2 is 1.30 bits per heavy atom. The lowest BCUT2D eigenvalue weighted by atomic mass is 9.76. The van der Waals surface area contributed by atoms with Crippen LogP contribution < -0.4 is 10.1 Å². The summed E-state index contributed by atoms with van der Waals surface area (Å²) in [6, 6.07) is 7.65. The fourth-order valence-electron chi connectivity index (χ4n) is 13.6. The minimum Gasteiger partial charge on any atom is -0.507 e. The van der Waals surface area contributed by atoms with Crippen molar-refractivity contribution < 1.29 is 117 Å². The van der Waals surface area contributed by atoms with Crippen molar-refractivity contribution in [1.29, 1.82) is 0 Å². The van der Waals surface area contributed by atoms with Crippen molar-refractivity contribution in [1.82, 2.24) is 10.3 Å². The number of aliphatic hydroxyl groups is 7. The summed E-state index contributed by atoms with van der Waals surface area (Å²) in [6.07, 6.45) is -19.3. The molecule has 4 aromatic rings. The van der Waals surface area contributed by atoms with Crippen LogP contribution in [-0.2, 0) is 81.0 Å². The molecule has 3 aromatic carbocycles. The zero-order valence-corrected chi connectivity index (χ0v) is 53.6. The maximum Gasteiger partial charge on any atom is 0.328 e. The fraction of sp³-hybridized carbons (Fsp3) is 0.652. The van der Waals surface area contributed by atoms with Crippen molar-refractivity contribution in [3.63, 3.8) is 0 Å². The quantitative estimate of drug-likeness (QED) is 0.0474. The van der Waals surface area contributed by atoms with Crippen LogP contribution in [0.3, 0.4) is 0 Å². The van der Waals surface area contributed by atoms with Crippen molar-refractivity contribution in [2.24, 2.45) is 5.92 Å². The largest absolute Gasteiger partial charge is 0.507 e. The molecule has 1 amide bonds. The van der Waals surface area contributed by atoms with Gasteiger partial charge in [0.25, 0.3) is 0 Å². The first kappa shape index (κ1) is 69.4. The third-order valence-corrected chi connectivity index (χ3v) is 19.0. The van der Waals surface area contributed by atoms with Gasteiger partial charge >= 0.3 is 5.97 Å². The first-order valence-corrected chi connectivity index (χ1v) is 31.6. The van der Waals surface area contributed by atoms with E-state index in [1.54, 1.807) is 46.9 Å². The van der Waals surface area contributed by atoms with Crippen LogP contribution in [0, 0.1) is 12.8 Å². The molecule has 10 rings (SSSR count). The summed E-state index contributed by atoms with van der Waals surface area (Å²) >= 11 is 0. The second kappa shape index (κ2) is 28.5. The number of Topliss-reactive ketones (excluding diaryl/α,β-unsaturated/α-hetero) is 1. The minimum absolute atomic E-state index is 0.0183. The number of hydrogen-bond acceptors (Lipinski definition) is 24. The Bertz CT molecular complexity index is 3300. The molecule has 11 N–H and O–H groups in total. The Kier molecular flexibility index (Phi) is 21.5. The number of phenols is 2. The van der Waals surface area contributed by atoms with Gasteiger partial charge in [0.1, 0.15) is 66.0 Å². The van der Waals surface area contributed by atoms with Gasteiger partial charge in [0.2, 0.25) is 12.2 Å². The molecule has 5 aliphatic heterocycles. The molecule has 26 heteroatoms. The molecule has 0 unspecified atom stereocenters. The van der Waals surface area contributed by atoms with E-state index in [9.17, 15) is 50.8 Å². The van der Waals surface area contributed by atoms with Gasteiger partial charge in [-0.25, -0.2) is 4.79 Å². The Balaban J connectivity index is 0.945. The Hall–Kier alpha value is -5.47. The van der Waals surface area contributed by atoms with Crippen LogP contribution in [0.25, 0.3) is 21.7 Å². The molecule has 508 valence electrons. The number of ether oxygens (including phenoxy) is 12. The summed E-state index contributed by atoms with van der Waals surface area (Å²) < 4.78 is 73.2. The van der Waals surface area contributed by atoms with E-state index < -0.39 is 176 Å². The second-order valence-corrected chi connectivity index (χ2v) is 26.1. The highest BCUT2D eigenvalue weighted by Gasteiger charge is 2.51. The van der Waals surface area contributed by atoms with Crippen LogP contribution in [0.5, 0.6) is 17.2 Å². The van der Waals surface area contributed by atoms with Crippen molar-refractivity contribution in [3.8, 4) is 17.2 Å². The number of hydrogen-bond donors (Lipinski definition) is 11. The average Bonchev–Trinajstić information content (AvgIpc) is 0.866. The molecule has 0 spiro atoms. The summed E-state index contributed by atoms with van der Waals surface area (Å²) in [5.74, 6) is -4.66. The SMILES string of the molecule is COC(=O)[C@H](Cc1c[nH]c2c(CC=C(C)C)cccc12)NC(=O)[C@@H](OC)[C@@H]1Cc2cc3cc(O[C@H]4C[C@@H](O[C@H]5C[C@@H](O)[C@H](O)[C@@H](C)O5)[C@H](O)[C@@H](C)O4)c(C)c(O)c3c(O)c2C(=O)[C@H]1O[C@H]1C[C@@H](O[C@H]2C[C@@H](O[C@H]3C[C@](C)(O)[C@H](O)[C@@H](C)O3)[C@@H](O)[C@@H](C)O2)[C@H](O)[C@@H](C)O1. The van der Waals surface area contributed by atoms with Gasteiger partial charge in [-0.05, 0) is 109 Å². The zero-order valence-electron chi connectivity index (χ0n) is 53.6. The maximum absolute atomic E-state index is 15.6. The molecular formula is C66H90N2O24. The van der Waals surface area contributed by atoms with E-state index >= 15 is 9.59 Å². The molecule has 6 aliphatic rings. The molecule has 5 saturated heterocycles. The van der Waals surface area contributed by atoms with Gasteiger partial charge < -0.3 is 113 Å². The summed E-state index contributed by atoms with van der Waals surface area (Å²) in [6.45, 7) is 15.0. The number of carbonyl (C=O) groups is 3. The number of aromatic hydroxyl groups is 2. The number of aliphatic hydroxyl groups excluding tert-OH is 6. The lowest BCUT2D eigenvalue weighted by Gasteiger charge is -2.46. The number of aromatic amines is 1. The normalized spacial score (nSPS) is 36.7. The van der Waals surface area contributed by atoms with Crippen molar-refractivity contribution in [2.75, 3.05) is 14.2 Å². The molecule has 26 nitrogen and oxygen atoms in total. The Morgan fingerprint density at radius 1 is 0.739 bits per heavy atom. The Morgan fingerprint density at radius 3 is 1.89 bits per heavy atom. The monoisotopic (exact) mass is 1290 g/mol. The fourth-order valence-corrected chi connectivity index (χ4v) is 13.6. The molecule has 24 atom stereocenters. The van der Waals surface area contributed by atoms with Gasteiger partial charge in [0, 0.05) is 74.2 Å². The second-order valence-electron chi connectivity index (χ2n) is 26.1. The third kappa shape index (κ3) is 14.5. The molecule has 0 saturated carbocycles. The molecule has 0 radical (unpaired) electrons. The van der Waals surface area contributed by atoms with Crippen LogP contribution in [0.15, 0.2) is 48.2 Å². The van der Waals surface area contributed by atoms with Crippen LogP contribution in [0.2, 0.25) is 0 Å². The van der Waals surface area contributed by atoms with Gasteiger partial charge in [-0.1, -0.05) is 29.8 Å². The number of fused-ring (bicyclic) bond motifs is 3. The van der Waals surface area contributed by atoms with Crippen LogP contribution in [-0.4, -0.2) is 224 Å². The van der Waals surface area contributed by atoms with E-state index in [-0.39, 0.29) is 78.2 Å². The number of carbonyl (C=O) groups excluding carboxylic acids is 3. The van der Waals surface area contributed by atoms with Gasteiger partial charge in [-0.2, -0.15) is 0 Å². The summed E-state index contributed by atoms with van der Waals surface area (Å²) in [7, 11) is 2.46. The lowest BCUT2D eigenvalue weighted by molar-refractivity contribution is -0.334. The number of esters is 1. The number of H-pyrrole nitrogens is 1. The van der Waals surface area contributed by atoms with Crippen molar-refractivity contribution in [2.45, 2.75) is 254 Å². The van der Waals surface area contributed by atoms with Gasteiger partial charge in [-0.3, -0.25) is 9.59 Å². The smallest absolute Gasteiger partial charge is 0.328 e. The zero-order chi connectivity index (χ0) is 66.5. The third-order valence-electron chi connectivity index (χ3n) is 19.0. The average molecular weight is 1300 g/mol. The van der Waals surface area contributed by atoms with Crippen LogP contribution in [0.1, 0.15) is 120 Å². The molecule has 5 fully saturated rings. The van der Waals surface area contributed by atoms with E-state index in [0.29, 0.717) is 12.0 Å². The number of aromatic nitrogens is 1. The summed E-state index contributed by atoms with van der Waals surface area (Å²) in [5.41, 5.74) is 2.27. The molecule has 92 heavy (non-hydrogen) atoms. The lowest BCUT2D eigenvalue weighted by Crippen LogP contribution is -2.58.